The predicted octanol–water partition coefficient (Wildman–Crippen LogP) is 1.38. The fourth-order valence-corrected chi connectivity index (χ4v) is 4.36. The highest BCUT2D eigenvalue weighted by Crippen LogP contribution is 2.29. The Bertz CT molecular complexity index is 1370. The van der Waals surface area contributed by atoms with Gasteiger partial charge in [-0.3, -0.25) is 9.59 Å². The Morgan fingerprint density at radius 3 is 2.28 bits per heavy atom. The molecular weight excluding hydrogens is 565 g/mol. The average molecular weight is 604 g/mol. The maximum absolute atomic E-state index is 13.3. The van der Waals surface area contributed by atoms with Crippen molar-refractivity contribution in [2.75, 3.05) is 38.0 Å². The number of rotatable bonds is 14. The lowest BCUT2D eigenvalue weighted by Gasteiger charge is -2.22. The number of amides is 4. The molecule has 11 nitrogen and oxygen atoms in total. The Labute approximate surface area is 247 Å². The van der Waals surface area contributed by atoms with Crippen molar-refractivity contribution in [1.29, 1.82) is 0 Å². The zero-order chi connectivity index (χ0) is 31.4. The van der Waals surface area contributed by atoms with Crippen LogP contribution in [0, 0.1) is 0 Å². The van der Waals surface area contributed by atoms with Crippen LogP contribution in [-0.2, 0) is 22.2 Å². The molecule has 0 radical (unpaired) electrons. The molecule has 4 amide bonds. The number of anilines is 1. The summed E-state index contributed by atoms with van der Waals surface area (Å²) in [6.45, 7) is 1.53. The number of alkyl halides is 3. The summed E-state index contributed by atoms with van der Waals surface area (Å²) in [5, 5.41) is 8.97. The lowest BCUT2D eigenvalue weighted by molar-refractivity contribution is -0.343. The minimum absolute atomic E-state index is 0.0755. The van der Waals surface area contributed by atoms with Gasteiger partial charge in [0.15, 0.2) is 6.20 Å². The number of nitrogens with zero attached hydrogens (tertiary/aromatic N) is 1. The number of pyridine rings is 1. The van der Waals surface area contributed by atoms with Gasteiger partial charge < -0.3 is 38.1 Å². The molecule has 2 aromatic carbocycles. The van der Waals surface area contributed by atoms with Crippen LogP contribution in [0.25, 0.3) is 10.9 Å². The summed E-state index contributed by atoms with van der Waals surface area (Å²) >= 11 is 0. The van der Waals surface area contributed by atoms with E-state index in [0.29, 0.717) is 43.9 Å². The monoisotopic (exact) mass is 603 g/mol. The standard InChI is InChI=1S/C29H37F3N8O3/c30-29(31,32)21-9-7-19(8-10-21)16-25(27(42)38-22-17-20-4-1-2-6-24(20)37-18-22)39-26(41)23(35)5-3-13-36-28(43)40(14-11-33)15-12-34/h1-2,4,6-10,17-18,23,25H,3,5,11-16,33-35H2,(H,36,43)(H,38,42)(H,39,41)/p+1/t23-,25+/m0/s1. The summed E-state index contributed by atoms with van der Waals surface area (Å²) in [5.74, 6) is -1.19. The van der Waals surface area contributed by atoms with Crippen molar-refractivity contribution in [3.05, 3.63) is 71.9 Å². The number of benzene rings is 2. The molecule has 3 aromatic rings. The summed E-state index contributed by atoms with van der Waals surface area (Å²) < 4.78 is 39.1. The van der Waals surface area contributed by atoms with Crippen molar-refractivity contribution < 1.29 is 32.5 Å². The first-order valence-corrected chi connectivity index (χ1v) is 13.9. The molecule has 1 heterocycles. The van der Waals surface area contributed by atoms with E-state index >= 15 is 0 Å². The van der Waals surface area contributed by atoms with Gasteiger partial charge in [-0.2, -0.15) is 13.2 Å². The fourth-order valence-electron chi connectivity index (χ4n) is 4.36. The van der Waals surface area contributed by atoms with Gasteiger partial charge in [0.1, 0.15) is 11.7 Å². The second-order valence-electron chi connectivity index (χ2n) is 9.97. The van der Waals surface area contributed by atoms with Gasteiger partial charge in [0.25, 0.3) is 0 Å². The summed E-state index contributed by atoms with van der Waals surface area (Å²) in [7, 11) is 0. The number of carbonyl (C=O) groups is 3. The number of nitrogens with one attached hydrogen (secondary N) is 4. The van der Waals surface area contributed by atoms with Gasteiger partial charge in [-0.05, 0) is 42.7 Å². The Balaban J connectivity index is 1.65. The van der Waals surface area contributed by atoms with E-state index in [1.54, 1.807) is 12.3 Å². The van der Waals surface area contributed by atoms with Crippen LogP contribution < -0.4 is 38.1 Å². The summed E-state index contributed by atoms with van der Waals surface area (Å²) in [5.41, 5.74) is 18.0. The van der Waals surface area contributed by atoms with Gasteiger partial charge in [0, 0.05) is 50.6 Å². The van der Waals surface area contributed by atoms with Crippen molar-refractivity contribution in [1.82, 2.24) is 15.5 Å². The Hall–Kier alpha value is -4.27. The molecule has 2 atom stereocenters. The third-order valence-corrected chi connectivity index (χ3v) is 6.67. The number of carbonyl (C=O) groups excluding carboxylic acids is 3. The number of hydrogen-bond donors (Lipinski definition) is 6. The molecule has 0 spiro atoms. The molecule has 0 bridgehead atoms. The normalized spacial score (nSPS) is 12.8. The molecule has 14 heteroatoms. The second kappa shape index (κ2) is 15.8. The Morgan fingerprint density at radius 1 is 0.953 bits per heavy atom. The first-order valence-electron chi connectivity index (χ1n) is 13.9. The van der Waals surface area contributed by atoms with Crippen LogP contribution >= 0.6 is 0 Å². The zero-order valence-electron chi connectivity index (χ0n) is 23.6. The molecular formula is C29H38F3N8O3+. The van der Waals surface area contributed by atoms with Gasteiger partial charge in [-0.25, -0.2) is 9.78 Å². The molecule has 0 aliphatic carbocycles. The first kappa shape index (κ1) is 33.2. The average Bonchev–Trinajstić information content (AvgIpc) is 2.98. The smallest absolute Gasteiger partial charge is 0.343 e. The van der Waals surface area contributed by atoms with E-state index in [0.717, 1.165) is 23.0 Å². The quantitative estimate of drug-likeness (QED) is 0.151. The lowest BCUT2D eigenvalue weighted by Crippen LogP contribution is -2.51. The van der Waals surface area contributed by atoms with Crippen molar-refractivity contribution >= 4 is 34.4 Å². The predicted molar refractivity (Wildman–Crippen MR) is 157 cm³/mol. The molecule has 0 saturated heterocycles. The molecule has 0 saturated carbocycles. The topological polar surface area (TPSA) is 183 Å². The van der Waals surface area contributed by atoms with Gasteiger partial charge in [0.2, 0.25) is 17.3 Å². The Morgan fingerprint density at radius 2 is 1.63 bits per heavy atom. The number of aromatic nitrogens is 1. The number of para-hydroxylation sites is 1. The van der Waals surface area contributed by atoms with Gasteiger partial charge >= 0.3 is 12.2 Å². The van der Waals surface area contributed by atoms with E-state index in [2.05, 4.69) is 20.9 Å². The van der Waals surface area contributed by atoms with Crippen LogP contribution in [0.5, 0.6) is 0 Å². The van der Waals surface area contributed by atoms with Crippen molar-refractivity contribution in [3.63, 3.8) is 0 Å². The molecule has 0 unspecified atom stereocenters. The van der Waals surface area contributed by atoms with E-state index < -0.39 is 35.6 Å². The molecule has 10 N–H and O–H groups in total. The van der Waals surface area contributed by atoms with Crippen LogP contribution in [0.3, 0.4) is 0 Å². The first-order chi connectivity index (χ1) is 20.5. The highest BCUT2D eigenvalue weighted by Gasteiger charge is 2.30. The zero-order valence-corrected chi connectivity index (χ0v) is 23.6. The van der Waals surface area contributed by atoms with Crippen molar-refractivity contribution in [3.8, 4) is 0 Å². The van der Waals surface area contributed by atoms with Crippen LogP contribution in [0.15, 0.2) is 60.8 Å². The van der Waals surface area contributed by atoms with Gasteiger partial charge in [-0.1, -0.05) is 24.3 Å². The van der Waals surface area contributed by atoms with E-state index in [1.165, 1.54) is 17.0 Å². The largest absolute Gasteiger partial charge is 0.416 e. The minimum atomic E-state index is -4.50. The van der Waals surface area contributed by atoms with Crippen molar-refractivity contribution in [2.24, 2.45) is 17.2 Å². The molecule has 0 fully saturated rings. The number of hydrogen-bond acceptors (Lipinski definition) is 6. The van der Waals surface area contributed by atoms with Gasteiger partial charge in [-0.15, -0.1) is 0 Å². The maximum atomic E-state index is 13.3. The van der Waals surface area contributed by atoms with E-state index in [9.17, 15) is 27.6 Å². The SMILES string of the molecule is NCCN(CCN)C(=O)NCCC[C@H](N)C(=O)N[C@H](Cc1ccc(C(F)(F)F)cc1)C(=O)Nc1c[nH+]c2ccccc2c1. The van der Waals surface area contributed by atoms with Crippen LogP contribution in [0.1, 0.15) is 24.0 Å². The van der Waals surface area contributed by atoms with Gasteiger partial charge in [0.05, 0.1) is 11.6 Å². The number of fused-ring (bicyclic) bond motifs is 1. The number of halogens is 3. The number of aromatic amines is 1. The minimum Gasteiger partial charge on any atom is -0.343 e. The van der Waals surface area contributed by atoms with Crippen molar-refractivity contribution in [2.45, 2.75) is 37.5 Å². The summed E-state index contributed by atoms with van der Waals surface area (Å²) in [4.78, 5) is 43.1. The maximum Gasteiger partial charge on any atom is 0.416 e. The third-order valence-electron chi connectivity index (χ3n) is 6.67. The summed E-state index contributed by atoms with van der Waals surface area (Å²) in [6.07, 6.45) is -2.40. The molecule has 3 rings (SSSR count). The number of nitrogens with two attached hydrogens (primary N) is 3. The number of urea groups is 1. The number of H-pyrrole nitrogens is 1. The van der Waals surface area contributed by atoms with E-state index in [4.69, 9.17) is 17.2 Å². The van der Waals surface area contributed by atoms with Crippen LogP contribution in [-0.4, -0.2) is 67.6 Å². The summed E-state index contributed by atoms with van der Waals surface area (Å²) in [6, 6.07) is 11.1. The highest BCUT2D eigenvalue weighted by molar-refractivity contribution is 5.98. The van der Waals surface area contributed by atoms with Crippen LogP contribution in [0.4, 0.5) is 23.7 Å². The molecule has 43 heavy (non-hydrogen) atoms. The molecule has 1 aromatic heterocycles. The van der Waals surface area contributed by atoms with E-state index in [-0.39, 0.29) is 25.4 Å². The molecule has 0 aliphatic heterocycles. The molecule has 232 valence electrons. The second-order valence-corrected chi connectivity index (χ2v) is 9.97. The molecule has 0 aliphatic rings. The highest BCUT2D eigenvalue weighted by atomic mass is 19.4. The van der Waals surface area contributed by atoms with Crippen LogP contribution in [0.2, 0.25) is 0 Å². The fraction of sp³-hybridized carbons (Fsp3) is 0.379. The third kappa shape index (κ3) is 10.2. The Kier molecular flexibility index (Phi) is 12.2. The lowest BCUT2D eigenvalue weighted by atomic mass is 10.0. The van der Waals surface area contributed by atoms with E-state index in [1.807, 2.05) is 24.3 Å².